The van der Waals surface area contributed by atoms with Gasteiger partial charge < -0.3 is 14.6 Å². The molecule has 0 amide bonds. The average molecular weight is 417 g/mol. The maximum Gasteiger partial charge on any atom is 0.349 e. The number of aliphatic carboxylic acids is 1. The molecule has 6 nitrogen and oxygen atoms in total. The zero-order chi connectivity index (χ0) is 22.8. The van der Waals surface area contributed by atoms with Crippen molar-refractivity contribution in [1.82, 2.24) is 0 Å². The Balaban J connectivity index is 2.70. The molecule has 0 unspecified atom stereocenters. The maximum atomic E-state index is 12.7. The van der Waals surface area contributed by atoms with Crippen LogP contribution in [0.25, 0.3) is 0 Å². The van der Waals surface area contributed by atoms with Crippen molar-refractivity contribution in [2.45, 2.75) is 58.5 Å². The number of carboxylic acids is 1. The summed E-state index contributed by atoms with van der Waals surface area (Å²) < 4.78 is 10.7. The van der Waals surface area contributed by atoms with E-state index in [9.17, 15) is 19.5 Å². The van der Waals surface area contributed by atoms with Crippen LogP contribution in [0, 0.1) is 5.41 Å². The molecule has 6 heteroatoms. The molecule has 1 aromatic rings. The van der Waals surface area contributed by atoms with Crippen LogP contribution in [0.3, 0.4) is 0 Å². The van der Waals surface area contributed by atoms with Gasteiger partial charge in [0.15, 0.2) is 11.4 Å². The van der Waals surface area contributed by atoms with Crippen molar-refractivity contribution in [3.05, 3.63) is 55.1 Å². The van der Waals surface area contributed by atoms with Crippen LogP contribution >= 0.6 is 0 Å². The molecular formula is C24H32O6. The van der Waals surface area contributed by atoms with E-state index in [4.69, 9.17) is 9.47 Å². The number of ether oxygens (including phenoxy) is 2. The number of carbonyl (C=O) groups excluding carboxylic acids is 2. The first-order valence-electron chi connectivity index (χ1n) is 10.1. The SMILES string of the molecule is C=CCC(CC=C)(C(=O)O)C(=O)CCCc1ccc(OC(C)(C)C(=O)OCC)cc1. The Bertz CT molecular complexity index is 750. The lowest BCUT2D eigenvalue weighted by Crippen LogP contribution is -2.39. The molecule has 0 aromatic heterocycles. The number of hydrogen-bond donors (Lipinski definition) is 1. The predicted octanol–water partition coefficient (Wildman–Crippen LogP) is 4.52. The van der Waals surface area contributed by atoms with Gasteiger partial charge in [0, 0.05) is 6.42 Å². The Labute approximate surface area is 178 Å². The lowest BCUT2D eigenvalue weighted by atomic mass is 9.75. The van der Waals surface area contributed by atoms with Crippen molar-refractivity contribution in [2.24, 2.45) is 5.41 Å². The summed E-state index contributed by atoms with van der Waals surface area (Å²) in [6, 6.07) is 7.24. The molecule has 0 aliphatic rings. The minimum Gasteiger partial charge on any atom is -0.480 e. The van der Waals surface area contributed by atoms with Crippen LogP contribution in [0.5, 0.6) is 5.75 Å². The molecule has 0 aliphatic heterocycles. The van der Waals surface area contributed by atoms with Crippen molar-refractivity contribution in [3.63, 3.8) is 0 Å². The number of esters is 1. The average Bonchev–Trinajstić information content (AvgIpc) is 2.68. The van der Waals surface area contributed by atoms with Crippen LogP contribution in [0.4, 0.5) is 0 Å². The van der Waals surface area contributed by atoms with Gasteiger partial charge in [-0.1, -0.05) is 24.3 Å². The van der Waals surface area contributed by atoms with E-state index < -0.39 is 23.0 Å². The highest BCUT2D eigenvalue weighted by Crippen LogP contribution is 2.32. The Hall–Kier alpha value is -2.89. The van der Waals surface area contributed by atoms with Crippen molar-refractivity contribution in [3.8, 4) is 5.75 Å². The molecule has 164 valence electrons. The van der Waals surface area contributed by atoms with E-state index in [-0.39, 0.29) is 31.7 Å². The standard InChI is InChI=1S/C24H32O6/c1-6-16-24(17-7-2,21(26)27)20(25)11-9-10-18-12-14-19(15-13-18)30-23(4,5)22(28)29-8-3/h6-7,12-15H,1-2,8-11,16-17H2,3-5H3,(H,26,27). The quantitative estimate of drug-likeness (QED) is 0.272. The largest absolute Gasteiger partial charge is 0.480 e. The molecule has 30 heavy (non-hydrogen) atoms. The minimum atomic E-state index is -1.49. The topological polar surface area (TPSA) is 89.9 Å². The number of benzene rings is 1. The Morgan fingerprint density at radius 3 is 2.10 bits per heavy atom. The molecule has 1 rings (SSSR count). The first kappa shape index (κ1) is 25.1. The van der Waals surface area contributed by atoms with Gasteiger partial charge >= 0.3 is 11.9 Å². The number of Topliss-reactive ketones (excluding diaryl/α,β-unsaturated/α-hetero) is 1. The predicted molar refractivity (Wildman–Crippen MR) is 115 cm³/mol. The van der Waals surface area contributed by atoms with Crippen molar-refractivity contribution < 1.29 is 29.0 Å². The lowest BCUT2D eigenvalue weighted by Gasteiger charge is -2.25. The molecule has 0 heterocycles. The zero-order valence-electron chi connectivity index (χ0n) is 18.1. The van der Waals surface area contributed by atoms with Crippen molar-refractivity contribution >= 4 is 17.7 Å². The van der Waals surface area contributed by atoms with E-state index in [1.54, 1.807) is 32.9 Å². The van der Waals surface area contributed by atoms with Crippen LogP contribution in [0.1, 0.15) is 52.0 Å². The summed E-state index contributed by atoms with van der Waals surface area (Å²) in [5, 5.41) is 9.61. The summed E-state index contributed by atoms with van der Waals surface area (Å²) in [6.45, 7) is 12.5. The second kappa shape index (κ2) is 11.3. The second-order valence-electron chi connectivity index (χ2n) is 7.63. The number of allylic oxidation sites excluding steroid dienone is 2. The van der Waals surface area contributed by atoms with E-state index in [0.29, 0.717) is 18.6 Å². The maximum absolute atomic E-state index is 12.7. The molecule has 0 aliphatic carbocycles. The van der Waals surface area contributed by atoms with Gasteiger partial charge in [-0.2, -0.15) is 0 Å². The van der Waals surface area contributed by atoms with Crippen molar-refractivity contribution in [2.75, 3.05) is 6.61 Å². The van der Waals surface area contributed by atoms with E-state index in [0.717, 1.165) is 5.56 Å². The number of rotatable bonds is 14. The van der Waals surface area contributed by atoms with E-state index in [1.807, 2.05) is 12.1 Å². The summed E-state index contributed by atoms with van der Waals surface area (Å²) in [7, 11) is 0. The van der Waals surface area contributed by atoms with Crippen molar-refractivity contribution in [1.29, 1.82) is 0 Å². The molecule has 0 spiro atoms. The van der Waals surface area contributed by atoms with Crippen LogP contribution in [-0.2, 0) is 25.5 Å². The minimum absolute atomic E-state index is 0.0788. The number of hydrogen-bond acceptors (Lipinski definition) is 5. The van der Waals surface area contributed by atoms with Crippen LogP contribution in [0.2, 0.25) is 0 Å². The number of carboxylic acid groups (broad SMARTS) is 1. The normalized spacial score (nSPS) is 11.4. The molecule has 0 bridgehead atoms. The molecule has 1 N–H and O–H groups in total. The van der Waals surface area contributed by atoms with Gasteiger partial charge in [-0.25, -0.2) is 4.79 Å². The first-order valence-corrected chi connectivity index (χ1v) is 10.1. The summed E-state index contributed by atoms with van der Waals surface area (Å²) >= 11 is 0. The fraction of sp³-hybridized carbons (Fsp3) is 0.458. The third-order valence-electron chi connectivity index (χ3n) is 4.86. The van der Waals surface area contributed by atoms with E-state index in [1.165, 1.54) is 12.2 Å². The van der Waals surface area contributed by atoms with Gasteiger partial charge in [-0.05, 0) is 64.2 Å². The van der Waals surface area contributed by atoms with Gasteiger partial charge in [-0.3, -0.25) is 9.59 Å². The second-order valence-corrected chi connectivity index (χ2v) is 7.63. The third-order valence-corrected chi connectivity index (χ3v) is 4.86. The fourth-order valence-electron chi connectivity index (χ4n) is 3.16. The molecule has 0 saturated carbocycles. The van der Waals surface area contributed by atoms with E-state index in [2.05, 4.69) is 13.2 Å². The molecular weight excluding hydrogens is 384 g/mol. The van der Waals surface area contributed by atoms with Crippen LogP contribution in [0.15, 0.2) is 49.6 Å². The van der Waals surface area contributed by atoms with Crippen LogP contribution < -0.4 is 4.74 Å². The molecule has 0 saturated heterocycles. The summed E-state index contributed by atoms with van der Waals surface area (Å²) in [6.07, 6.45) is 4.38. The number of carbonyl (C=O) groups is 3. The summed E-state index contributed by atoms with van der Waals surface area (Å²) in [4.78, 5) is 36.3. The highest BCUT2D eigenvalue weighted by atomic mass is 16.6. The third kappa shape index (κ3) is 6.58. The first-order chi connectivity index (χ1) is 14.1. The van der Waals surface area contributed by atoms with Gasteiger partial charge in [0.1, 0.15) is 11.2 Å². The fourth-order valence-corrected chi connectivity index (χ4v) is 3.16. The van der Waals surface area contributed by atoms with Gasteiger partial charge in [0.05, 0.1) is 6.61 Å². The number of aryl methyl sites for hydroxylation is 1. The van der Waals surface area contributed by atoms with E-state index >= 15 is 0 Å². The van der Waals surface area contributed by atoms with Gasteiger partial charge in [0.2, 0.25) is 0 Å². The molecule has 0 fully saturated rings. The molecule has 1 aromatic carbocycles. The number of ketones is 1. The van der Waals surface area contributed by atoms with Gasteiger partial charge in [0.25, 0.3) is 0 Å². The highest BCUT2D eigenvalue weighted by Gasteiger charge is 2.42. The molecule has 0 radical (unpaired) electrons. The summed E-state index contributed by atoms with van der Waals surface area (Å²) in [5.41, 5.74) is -1.60. The Morgan fingerprint density at radius 2 is 1.63 bits per heavy atom. The van der Waals surface area contributed by atoms with Gasteiger partial charge in [-0.15, -0.1) is 13.2 Å². The molecule has 0 atom stereocenters. The Morgan fingerprint density at radius 1 is 1.07 bits per heavy atom. The summed E-state index contributed by atoms with van der Waals surface area (Å²) in [5.74, 6) is -1.35. The highest BCUT2D eigenvalue weighted by molar-refractivity contribution is 6.03. The Kier molecular flexibility index (Phi) is 9.50. The smallest absolute Gasteiger partial charge is 0.349 e. The zero-order valence-corrected chi connectivity index (χ0v) is 18.1. The lowest BCUT2D eigenvalue weighted by molar-refractivity contribution is -0.158. The van der Waals surface area contributed by atoms with Crippen LogP contribution in [-0.4, -0.2) is 35.0 Å². The monoisotopic (exact) mass is 416 g/mol.